The molecule has 1 N–H and O–H groups in total. The Labute approximate surface area is 126 Å². The van der Waals surface area contributed by atoms with E-state index in [9.17, 15) is 9.90 Å². The van der Waals surface area contributed by atoms with Gasteiger partial charge >= 0.3 is 0 Å². The van der Waals surface area contributed by atoms with E-state index in [0.29, 0.717) is 25.0 Å². The van der Waals surface area contributed by atoms with Gasteiger partial charge < -0.3 is 14.7 Å². The van der Waals surface area contributed by atoms with E-state index in [0.717, 1.165) is 30.9 Å². The zero-order valence-corrected chi connectivity index (χ0v) is 12.9. The minimum Gasteiger partial charge on any atom is -0.491 e. The van der Waals surface area contributed by atoms with Crippen molar-refractivity contribution in [1.29, 1.82) is 0 Å². The number of aliphatic hydroxyl groups is 1. The number of likely N-dealkylation sites (tertiary alicyclic amines) is 1. The summed E-state index contributed by atoms with van der Waals surface area (Å²) < 4.78 is 5.59. The fourth-order valence-electron chi connectivity index (χ4n) is 2.54. The van der Waals surface area contributed by atoms with Gasteiger partial charge in [-0.15, -0.1) is 0 Å². The van der Waals surface area contributed by atoms with E-state index in [1.165, 1.54) is 0 Å². The molecule has 0 aliphatic carbocycles. The lowest BCUT2D eigenvalue weighted by Crippen LogP contribution is -2.35. The van der Waals surface area contributed by atoms with Gasteiger partial charge in [-0.25, -0.2) is 0 Å². The minimum absolute atomic E-state index is 0.155. The summed E-state index contributed by atoms with van der Waals surface area (Å²) in [5.41, 5.74) is 0.916. The van der Waals surface area contributed by atoms with Gasteiger partial charge in [0.05, 0.1) is 12.2 Å². The molecule has 1 saturated heterocycles. The molecule has 0 amide bonds. The van der Waals surface area contributed by atoms with E-state index in [1.807, 2.05) is 38.1 Å². The SMILES string of the molecule is CC(C)Oc1ccc(C(O)CCN2CCC(=O)CC2)cc1. The van der Waals surface area contributed by atoms with E-state index >= 15 is 0 Å². The summed E-state index contributed by atoms with van der Waals surface area (Å²) in [5.74, 6) is 1.18. The Morgan fingerprint density at radius 2 is 1.81 bits per heavy atom. The molecular weight excluding hydrogens is 266 g/mol. The predicted octanol–water partition coefficient (Wildman–Crippen LogP) is 2.56. The number of rotatable bonds is 6. The first-order valence-electron chi connectivity index (χ1n) is 7.73. The van der Waals surface area contributed by atoms with Gasteiger partial charge in [0.2, 0.25) is 0 Å². The van der Waals surface area contributed by atoms with Crippen molar-refractivity contribution in [3.63, 3.8) is 0 Å². The number of hydrogen-bond acceptors (Lipinski definition) is 4. The molecule has 1 aliphatic heterocycles. The number of nitrogens with zero attached hydrogens (tertiary/aromatic N) is 1. The second kappa shape index (κ2) is 7.57. The Morgan fingerprint density at radius 1 is 1.19 bits per heavy atom. The summed E-state index contributed by atoms with van der Waals surface area (Å²) in [6, 6.07) is 7.64. The van der Waals surface area contributed by atoms with Crippen LogP contribution in [0.25, 0.3) is 0 Å². The van der Waals surface area contributed by atoms with E-state index in [4.69, 9.17) is 4.74 Å². The van der Waals surface area contributed by atoms with Crippen molar-refractivity contribution in [1.82, 2.24) is 4.90 Å². The highest BCUT2D eigenvalue weighted by atomic mass is 16.5. The first-order valence-corrected chi connectivity index (χ1v) is 7.73. The number of benzene rings is 1. The molecule has 1 heterocycles. The van der Waals surface area contributed by atoms with Crippen LogP contribution in [0.3, 0.4) is 0 Å². The van der Waals surface area contributed by atoms with Crippen molar-refractivity contribution in [3.05, 3.63) is 29.8 Å². The zero-order chi connectivity index (χ0) is 15.2. The van der Waals surface area contributed by atoms with Crippen molar-refractivity contribution in [3.8, 4) is 5.75 Å². The molecule has 0 bridgehead atoms. The van der Waals surface area contributed by atoms with Crippen LogP contribution in [0.15, 0.2) is 24.3 Å². The van der Waals surface area contributed by atoms with Crippen LogP contribution in [-0.4, -0.2) is 41.5 Å². The molecule has 4 nitrogen and oxygen atoms in total. The van der Waals surface area contributed by atoms with Crippen molar-refractivity contribution in [2.24, 2.45) is 0 Å². The number of hydrogen-bond donors (Lipinski definition) is 1. The summed E-state index contributed by atoms with van der Waals surface area (Å²) >= 11 is 0. The molecule has 116 valence electrons. The third-order valence-corrected chi connectivity index (χ3v) is 3.77. The molecule has 4 heteroatoms. The van der Waals surface area contributed by atoms with Gasteiger partial charge in [0.25, 0.3) is 0 Å². The number of Topliss-reactive ketones (excluding diaryl/α,β-unsaturated/α-hetero) is 1. The summed E-state index contributed by atoms with van der Waals surface area (Å²) in [6.45, 7) is 6.47. The van der Waals surface area contributed by atoms with Gasteiger partial charge in [0.1, 0.15) is 11.5 Å². The summed E-state index contributed by atoms with van der Waals surface area (Å²) in [5, 5.41) is 10.2. The molecule has 0 radical (unpaired) electrons. The van der Waals surface area contributed by atoms with E-state index in [-0.39, 0.29) is 6.10 Å². The Hall–Kier alpha value is -1.39. The number of carbonyl (C=O) groups is 1. The average Bonchev–Trinajstić information content (AvgIpc) is 2.46. The standard InChI is InChI=1S/C17H25NO3/c1-13(2)21-16-5-3-14(4-6-16)17(20)9-12-18-10-7-15(19)8-11-18/h3-6,13,17,20H,7-12H2,1-2H3. The quantitative estimate of drug-likeness (QED) is 0.875. The van der Waals surface area contributed by atoms with Crippen LogP contribution in [0.2, 0.25) is 0 Å². The average molecular weight is 291 g/mol. The smallest absolute Gasteiger partial charge is 0.135 e. The van der Waals surface area contributed by atoms with Gasteiger partial charge in [0, 0.05) is 32.5 Å². The maximum absolute atomic E-state index is 11.2. The molecule has 2 rings (SSSR count). The maximum Gasteiger partial charge on any atom is 0.135 e. The highest BCUT2D eigenvalue weighted by Gasteiger charge is 2.17. The van der Waals surface area contributed by atoms with Crippen LogP contribution in [0.4, 0.5) is 0 Å². The molecule has 1 unspecified atom stereocenters. The van der Waals surface area contributed by atoms with Gasteiger partial charge in [-0.05, 0) is 38.0 Å². The topological polar surface area (TPSA) is 49.8 Å². The minimum atomic E-state index is -0.462. The maximum atomic E-state index is 11.2. The number of carbonyl (C=O) groups excluding carboxylic acids is 1. The third kappa shape index (κ3) is 5.14. The largest absolute Gasteiger partial charge is 0.491 e. The van der Waals surface area contributed by atoms with Crippen LogP contribution >= 0.6 is 0 Å². The Bertz CT molecular complexity index is 446. The second-order valence-corrected chi connectivity index (χ2v) is 5.92. The predicted molar refractivity (Wildman–Crippen MR) is 82.5 cm³/mol. The summed E-state index contributed by atoms with van der Waals surface area (Å²) in [6.07, 6.45) is 1.69. The zero-order valence-electron chi connectivity index (χ0n) is 12.9. The monoisotopic (exact) mass is 291 g/mol. The van der Waals surface area contributed by atoms with E-state index < -0.39 is 6.10 Å². The lowest BCUT2D eigenvalue weighted by Gasteiger charge is -2.26. The van der Waals surface area contributed by atoms with Crippen LogP contribution in [0, 0.1) is 0 Å². The van der Waals surface area contributed by atoms with E-state index in [2.05, 4.69) is 4.90 Å². The summed E-state index contributed by atoms with van der Waals surface area (Å²) in [4.78, 5) is 13.4. The molecule has 1 aromatic carbocycles. The van der Waals surface area contributed by atoms with Gasteiger partial charge in [-0.3, -0.25) is 4.79 Å². The van der Waals surface area contributed by atoms with Gasteiger partial charge in [-0.2, -0.15) is 0 Å². The van der Waals surface area contributed by atoms with Crippen molar-refractivity contribution >= 4 is 5.78 Å². The molecule has 0 saturated carbocycles. The Balaban J connectivity index is 1.80. The van der Waals surface area contributed by atoms with E-state index in [1.54, 1.807) is 0 Å². The summed E-state index contributed by atoms with van der Waals surface area (Å²) in [7, 11) is 0. The van der Waals surface area contributed by atoms with Crippen molar-refractivity contribution in [2.75, 3.05) is 19.6 Å². The number of aliphatic hydroxyl groups excluding tert-OH is 1. The van der Waals surface area contributed by atoms with Crippen molar-refractivity contribution in [2.45, 2.75) is 45.3 Å². The van der Waals surface area contributed by atoms with Crippen LogP contribution in [-0.2, 0) is 4.79 Å². The highest BCUT2D eigenvalue weighted by Crippen LogP contribution is 2.21. The number of ketones is 1. The Morgan fingerprint density at radius 3 is 2.38 bits per heavy atom. The molecule has 1 aromatic rings. The van der Waals surface area contributed by atoms with Crippen molar-refractivity contribution < 1.29 is 14.6 Å². The molecule has 0 spiro atoms. The highest BCUT2D eigenvalue weighted by molar-refractivity contribution is 5.79. The second-order valence-electron chi connectivity index (χ2n) is 5.92. The lowest BCUT2D eigenvalue weighted by molar-refractivity contribution is -0.121. The van der Waals surface area contributed by atoms with Crippen LogP contribution in [0.1, 0.15) is 44.8 Å². The molecular formula is C17H25NO3. The lowest BCUT2D eigenvalue weighted by atomic mass is 10.0. The third-order valence-electron chi connectivity index (χ3n) is 3.77. The van der Waals surface area contributed by atoms with Crippen LogP contribution in [0.5, 0.6) is 5.75 Å². The normalized spacial score (nSPS) is 18.0. The number of piperidine rings is 1. The molecule has 1 fully saturated rings. The molecule has 1 aliphatic rings. The first-order chi connectivity index (χ1) is 10.0. The first kappa shape index (κ1) is 16.0. The number of ether oxygens (including phenoxy) is 1. The van der Waals surface area contributed by atoms with Gasteiger partial charge in [-0.1, -0.05) is 12.1 Å². The molecule has 0 aromatic heterocycles. The Kier molecular flexibility index (Phi) is 5.76. The fraction of sp³-hybridized carbons (Fsp3) is 0.588. The van der Waals surface area contributed by atoms with Gasteiger partial charge in [0.15, 0.2) is 0 Å². The van der Waals surface area contributed by atoms with Crippen LogP contribution < -0.4 is 4.74 Å². The fourth-order valence-corrected chi connectivity index (χ4v) is 2.54. The molecule has 21 heavy (non-hydrogen) atoms. The molecule has 1 atom stereocenters.